The van der Waals surface area contributed by atoms with Gasteiger partial charge in [-0.05, 0) is 38.1 Å². The molecule has 1 aromatic carbocycles. The van der Waals surface area contributed by atoms with Gasteiger partial charge in [-0.3, -0.25) is 9.48 Å². The van der Waals surface area contributed by atoms with Crippen LogP contribution < -0.4 is 11.1 Å². The van der Waals surface area contributed by atoms with Crippen LogP contribution in [0.3, 0.4) is 0 Å². The number of amides is 1. The van der Waals surface area contributed by atoms with Crippen molar-refractivity contribution in [3.63, 3.8) is 0 Å². The number of hydrogen-bond donors (Lipinski definition) is 2. The second-order valence-corrected chi connectivity index (χ2v) is 5.21. The topological polar surface area (TPSA) is 72.9 Å². The van der Waals surface area contributed by atoms with Gasteiger partial charge in [-0.25, -0.2) is 0 Å². The Hall–Kier alpha value is -1.82. The molecule has 0 aliphatic carbocycles. The van der Waals surface area contributed by atoms with Gasteiger partial charge in [-0.1, -0.05) is 15.9 Å². The van der Waals surface area contributed by atoms with Gasteiger partial charge in [0, 0.05) is 10.2 Å². The maximum atomic E-state index is 11.9. The molecule has 0 saturated heterocycles. The summed E-state index contributed by atoms with van der Waals surface area (Å²) in [5.41, 5.74) is 8.77. The van der Waals surface area contributed by atoms with Crippen molar-refractivity contribution in [1.82, 2.24) is 9.78 Å². The van der Waals surface area contributed by atoms with Crippen molar-refractivity contribution in [2.75, 3.05) is 11.1 Å². The van der Waals surface area contributed by atoms with Crippen LogP contribution in [-0.2, 0) is 11.3 Å². The van der Waals surface area contributed by atoms with Crippen LogP contribution in [-0.4, -0.2) is 15.7 Å². The van der Waals surface area contributed by atoms with Crippen molar-refractivity contribution in [3.05, 3.63) is 40.1 Å². The summed E-state index contributed by atoms with van der Waals surface area (Å²) in [5, 5.41) is 7.04. The predicted molar refractivity (Wildman–Crippen MR) is 78.9 cm³/mol. The molecular formula is C13H15BrN4O. The molecule has 0 aliphatic rings. The highest BCUT2D eigenvalue weighted by molar-refractivity contribution is 9.10. The molecule has 1 heterocycles. The zero-order valence-corrected chi connectivity index (χ0v) is 12.4. The lowest BCUT2D eigenvalue weighted by Gasteiger charge is -2.07. The van der Waals surface area contributed by atoms with E-state index >= 15 is 0 Å². The molecular weight excluding hydrogens is 308 g/mol. The lowest BCUT2D eigenvalue weighted by Crippen LogP contribution is -2.20. The van der Waals surface area contributed by atoms with Crippen LogP contribution >= 0.6 is 15.9 Å². The van der Waals surface area contributed by atoms with Gasteiger partial charge in [0.1, 0.15) is 6.54 Å². The average Bonchev–Trinajstić information content (AvgIpc) is 2.60. The lowest BCUT2D eigenvalue weighted by atomic mass is 10.3. The molecule has 2 aromatic rings. The second kappa shape index (κ2) is 5.44. The lowest BCUT2D eigenvalue weighted by molar-refractivity contribution is -0.116. The van der Waals surface area contributed by atoms with E-state index in [0.717, 1.165) is 21.5 Å². The molecule has 2 rings (SSSR count). The van der Waals surface area contributed by atoms with Crippen molar-refractivity contribution in [2.45, 2.75) is 20.4 Å². The van der Waals surface area contributed by atoms with E-state index in [0.29, 0.717) is 5.69 Å². The maximum absolute atomic E-state index is 11.9. The molecule has 0 unspecified atom stereocenters. The Labute approximate surface area is 119 Å². The van der Waals surface area contributed by atoms with E-state index < -0.39 is 0 Å². The van der Waals surface area contributed by atoms with Crippen molar-refractivity contribution < 1.29 is 4.79 Å². The SMILES string of the molecule is Cc1nn(CC(=O)Nc2ccc(Br)cc2)c(C)c1N. The van der Waals surface area contributed by atoms with E-state index in [4.69, 9.17) is 5.73 Å². The summed E-state index contributed by atoms with van der Waals surface area (Å²) in [4.78, 5) is 11.9. The van der Waals surface area contributed by atoms with Crippen LogP contribution in [0.5, 0.6) is 0 Å². The van der Waals surface area contributed by atoms with Gasteiger partial charge in [-0.2, -0.15) is 5.10 Å². The van der Waals surface area contributed by atoms with Crippen LogP contribution in [0.2, 0.25) is 0 Å². The number of carbonyl (C=O) groups is 1. The third-order valence-electron chi connectivity index (χ3n) is 2.86. The first-order chi connectivity index (χ1) is 8.97. The molecule has 0 bridgehead atoms. The van der Waals surface area contributed by atoms with Crippen LogP contribution in [0.1, 0.15) is 11.4 Å². The normalized spacial score (nSPS) is 10.5. The summed E-state index contributed by atoms with van der Waals surface area (Å²) < 4.78 is 2.58. The number of benzene rings is 1. The van der Waals surface area contributed by atoms with Gasteiger partial charge in [0.25, 0.3) is 0 Å². The zero-order chi connectivity index (χ0) is 14.0. The number of anilines is 2. The highest BCUT2D eigenvalue weighted by Crippen LogP contribution is 2.16. The Morgan fingerprint density at radius 2 is 2.00 bits per heavy atom. The molecule has 19 heavy (non-hydrogen) atoms. The van der Waals surface area contributed by atoms with Gasteiger partial charge in [-0.15, -0.1) is 0 Å². The van der Waals surface area contributed by atoms with Crippen LogP contribution in [0, 0.1) is 13.8 Å². The number of nitrogens with zero attached hydrogens (tertiary/aromatic N) is 2. The highest BCUT2D eigenvalue weighted by atomic mass is 79.9. The summed E-state index contributed by atoms with van der Waals surface area (Å²) in [6, 6.07) is 7.41. The summed E-state index contributed by atoms with van der Waals surface area (Å²) in [7, 11) is 0. The highest BCUT2D eigenvalue weighted by Gasteiger charge is 2.11. The Morgan fingerprint density at radius 1 is 1.37 bits per heavy atom. The predicted octanol–water partition coefficient (Wildman–Crippen LogP) is 2.48. The summed E-state index contributed by atoms with van der Waals surface area (Å²) in [6.07, 6.45) is 0. The average molecular weight is 323 g/mol. The van der Waals surface area contributed by atoms with Crippen molar-refractivity contribution >= 4 is 33.2 Å². The minimum atomic E-state index is -0.132. The maximum Gasteiger partial charge on any atom is 0.246 e. The van der Waals surface area contributed by atoms with E-state index in [9.17, 15) is 4.79 Å². The molecule has 6 heteroatoms. The number of nitrogens with two attached hydrogens (primary N) is 1. The molecule has 100 valence electrons. The summed E-state index contributed by atoms with van der Waals surface area (Å²) >= 11 is 3.34. The molecule has 1 amide bonds. The minimum Gasteiger partial charge on any atom is -0.396 e. The van der Waals surface area contributed by atoms with E-state index in [1.807, 2.05) is 38.1 Å². The fourth-order valence-electron chi connectivity index (χ4n) is 1.73. The second-order valence-electron chi connectivity index (χ2n) is 4.30. The Morgan fingerprint density at radius 3 is 2.53 bits per heavy atom. The standard InChI is InChI=1S/C13H15BrN4O/c1-8-13(15)9(2)18(17-8)7-12(19)16-11-5-3-10(14)4-6-11/h3-6H,7,15H2,1-2H3,(H,16,19). The first kappa shape index (κ1) is 13.6. The molecule has 0 radical (unpaired) electrons. The first-order valence-corrected chi connectivity index (χ1v) is 6.61. The number of rotatable bonds is 3. The molecule has 0 saturated carbocycles. The van der Waals surface area contributed by atoms with Crippen molar-refractivity contribution in [2.24, 2.45) is 0 Å². The molecule has 5 nitrogen and oxygen atoms in total. The summed E-state index contributed by atoms with van der Waals surface area (Å²) in [6.45, 7) is 3.83. The first-order valence-electron chi connectivity index (χ1n) is 5.82. The third kappa shape index (κ3) is 3.14. The number of aryl methyl sites for hydroxylation is 1. The van der Waals surface area contributed by atoms with Crippen molar-refractivity contribution in [3.8, 4) is 0 Å². The fraction of sp³-hybridized carbons (Fsp3) is 0.231. The number of nitrogens with one attached hydrogen (secondary N) is 1. The Balaban J connectivity index is 2.05. The van der Waals surface area contributed by atoms with E-state index in [-0.39, 0.29) is 12.5 Å². The third-order valence-corrected chi connectivity index (χ3v) is 3.39. The molecule has 3 N–H and O–H groups in total. The van der Waals surface area contributed by atoms with Crippen LogP contribution in [0.25, 0.3) is 0 Å². The quantitative estimate of drug-likeness (QED) is 0.911. The number of halogens is 1. The number of carbonyl (C=O) groups excluding carboxylic acids is 1. The van der Waals surface area contributed by atoms with Gasteiger partial charge in [0.2, 0.25) is 5.91 Å². The van der Waals surface area contributed by atoms with Gasteiger partial charge in [0.05, 0.1) is 17.1 Å². The molecule has 0 fully saturated rings. The van der Waals surface area contributed by atoms with E-state index in [1.54, 1.807) is 4.68 Å². The number of nitrogen functional groups attached to an aromatic ring is 1. The van der Waals surface area contributed by atoms with Crippen LogP contribution in [0.15, 0.2) is 28.7 Å². The molecule has 0 spiro atoms. The zero-order valence-electron chi connectivity index (χ0n) is 10.8. The van der Waals surface area contributed by atoms with E-state index in [1.165, 1.54) is 0 Å². The largest absolute Gasteiger partial charge is 0.396 e. The monoisotopic (exact) mass is 322 g/mol. The van der Waals surface area contributed by atoms with Crippen molar-refractivity contribution in [1.29, 1.82) is 0 Å². The molecule has 0 atom stereocenters. The van der Waals surface area contributed by atoms with Gasteiger partial charge in [0.15, 0.2) is 0 Å². The number of aromatic nitrogens is 2. The van der Waals surface area contributed by atoms with Crippen LogP contribution in [0.4, 0.5) is 11.4 Å². The van der Waals surface area contributed by atoms with E-state index in [2.05, 4.69) is 26.3 Å². The molecule has 1 aromatic heterocycles. The smallest absolute Gasteiger partial charge is 0.246 e. The number of hydrogen-bond acceptors (Lipinski definition) is 3. The van der Waals surface area contributed by atoms with Gasteiger partial charge >= 0.3 is 0 Å². The Bertz CT molecular complexity index is 604. The molecule has 0 aliphatic heterocycles. The Kier molecular flexibility index (Phi) is 3.90. The summed E-state index contributed by atoms with van der Waals surface area (Å²) in [5.74, 6) is -0.132. The minimum absolute atomic E-state index is 0.132. The van der Waals surface area contributed by atoms with Gasteiger partial charge < -0.3 is 11.1 Å². The fourth-order valence-corrected chi connectivity index (χ4v) is 2.00.